The first-order valence-electron chi connectivity index (χ1n) is 25.6. The molecule has 0 unspecified atom stereocenters. The van der Waals surface area contributed by atoms with Crippen molar-refractivity contribution in [3.05, 3.63) is 324 Å². The molecule has 3 aliphatic rings. The molecule has 74 heavy (non-hydrogen) atoms. The zero-order chi connectivity index (χ0) is 48.8. The summed E-state index contributed by atoms with van der Waals surface area (Å²) < 4.78 is 0. The summed E-state index contributed by atoms with van der Waals surface area (Å²) in [6.07, 6.45) is 0. The Kier molecular flexibility index (Phi) is 9.43. The molecule has 12 aromatic rings. The summed E-state index contributed by atoms with van der Waals surface area (Å²) in [6, 6.07) is 103. The van der Waals surface area contributed by atoms with Crippen molar-refractivity contribution in [3.8, 4) is 89.5 Å². The Balaban J connectivity index is 0.907. The third-order valence-corrected chi connectivity index (χ3v) is 16.2. The second kappa shape index (κ2) is 16.5. The number of hydrogen-bond acceptors (Lipinski definition) is 2. The molecule has 0 saturated heterocycles. The molecule has 1 heterocycles. The number of nitrogens with zero attached hydrogens (tertiary/aromatic N) is 2. The van der Waals surface area contributed by atoms with Gasteiger partial charge >= 0.3 is 0 Å². The molecule has 0 fully saturated rings. The van der Waals surface area contributed by atoms with Gasteiger partial charge in [0.2, 0.25) is 0 Å². The Morgan fingerprint density at radius 2 is 0.541 bits per heavy atom. The lowest BCUT2D eigenvalue weighted by Crippen LogP contribution is -2.43. The van der Waals surface area contributed by atoms with E-state index in [1.165, 1.54) is 89.0 Å². The molecule has 344 valence electrons. The SMILES string of the molecule is c1ccc(-c2ccc(-c3cc(-c4cccc(-c5cccc6c5-c5ccccc5C65c6ccccc6C6(c7ccccc7-c7ccccc76)c6ccccc65)c4)nc(-c4ccc(-c5ccccc5)cc4)n3)cc2)cc1. The Labute approximate surface area is 431 Å². The van der Waals surface area contributed by atoms with Gasteiger partial charge in [-0.3, -0.25) is 0 Å². The molecule has 0 radical (unpaired) electrons. The van der Waals surface area contributed by atoms with Crippen molar-refractivity contribution in [2.24, 2.45) is 0 Å². The first-order valence-corrected chi connectivity index (χ1v) is 25.6. The van der Waals surface area contributed by atoms with Gasteiger partial charge in [0.25, 0.3) is 0 Å². The first kappa shape index (κ1) is 42.2. The zero-order valence-corrected chi connectivity index (χ0v) is 40.5. The summed E-state index contributed by atoms with van der Waals surface area (Å²) in [7, 11) is 0. The van der Waals surface area contributed by atoms with E-state index in [1.807, 2.05) is 0 Å². The van der Waals surface area contributed by atoms with Crippen LogP contribution in [0.5, 0.6) is 0 Å². The highest BCUT2D eigenvalue weighted by Gasteiger charge is 2.59. The minimum absolute atomic E-state index is 0.488. The Morgan fingerprint density at radius 1 is 0.203 bits per heavy atom. The number of hydrogen-bond donors (Lipinski definition) is 0. The van der Waals surface area contributed by atoms with Crippen molar-refractivity contribution in [2.75, 3.05) is 0 Å². The molecular weight excluding hydrogens is 893 g/mol. The lowest BCUT2D eigenvalue weighted by atomic mass is 9.52. The number of aromatic nitrogens is 2. The van der Waals surface area contributed by atoms with Crippen LogP contribution in [0.15, 0.2) is 279 Å². The summed E-state index contributed by atoms with van der Waals surface area (Å²) in [5.74, 6) is 0.686. The predicted molar refractivity (Wildman–Crippen MR) is 303 cm³/mol. The van der Waals surface area contributed by atoms with Crippen molar-refractivity contribution < 1.29 is 0 Å². The summed E-state index contributed by atoms with van der Waals surface area (Å²) in [4.78, 5) is 10.7. The Morgan fingerprint density at radius 3 is 1.08 bits per heavy atom. The van der Waals surface area contributed by atoms with Crippen molar-refractivity contribution in [1.29, 1.82) is 0 Å². The Bertz CT molecular complexity index is 3980. The van der Waals surface area contributed by atoms with Gasteiger partial charge in [-0.2, -0.15) is 0 Å². The molecule has 0 saturated carbocycles. The molecule has 11 aromatic carbocycles. The van der Waals surface area contributed by atoms with Gasteiger partial charge in [0, 0.05) is 16.7 Å². The van der Waals surface area contributed by atoms with E-state index in [0.717, 1.165) is 39.2 Å². The largest absolute Gasteiger partial charge is 0.228 e. The summed E-state index contributed by atoms with van der Waals surface area (Å²) in [5, 5.41) is 0. The molecule has 3 aliphatic carbocycles. The quantitative estimate of drug-likeness (QED) is 0.166. The van der Waals surface area contributed by atoms with Crippen LogP contribution in [0.3, 0.4) is 0 Å². The van der Waals surface area contributed by atoms with Crippen molar-refractivity contribution >= 4 is 0 Å². The molecule has 1 aromatic heterocycles. The molecule has 2 nitrogen and oxygen atoms in total. The Hall–Kier alpha value is -9.50. The number of benzene rings is 11. The topological polar surface area (TPSA) is 25.8 Å². The van der Waals surface area contributed by atoms with Gasteiger partial charge in [-0.25, -0.2) is 9.97 Å². The van der Waals surface area contributed by atoms with Crippen LogP contribution >= 0.6 is 0 Å². The van der Waals surface area contributed by atoms with E-state index in [9.17, 15) is 0 Å². The van der Waals surface area contributed by atoms with E-state index >= 15 is 0 Å². The zero-order valence-electron chi connectivity index (χ0n) is 40.5. The summed E-state index contributed by atoms with van der Waals surface area (Å²) >= 11 is 0. The maximum absolute atomic E-state index is 5.38. The standard InChI is InChI=1S/C72H46N2/c1-3-19-47(20-4-1)49-37-41-51(42-38-49)67-46-68(74-70(73-67)52-43-39-50(40-44-52)48-21-5-2-6-22-48)54-24-17-23-53(45-54)55-28-18-36-66-69(55)58-27-9-12-31-61(58)72(66)64-34-15-13-32-62(64)71(63-33-14-16-35-65(63)72)59-29-10-7-25-56(59)57-26-8-11-30-60(57)71/h1-46H. The fraction of sp³-hybridized carbons (Fsp3) is 0.0278. The van der Waals surface area contributed by atoms with Crippen LogP contribution in [-0.4, -0.2) is 9.97 Å². The molecular formula is C72H46N2. The van der Waals surface area contributed by atoms with Crippen LogP contribution in [0.1, 0.15) is 44.5 Å². The van der Waals surface area contributed by atoms with Crippen LogP contribution in [0, 0.1) is 0 Å². The number of rotatable bonds is 6. The third kappa shape index (κ3) is 6.06. The average molecular weight is 939 g/mol. The van der Waals surface area contributed by atoms with E-state index in [1.54, 1.807) is 0 Å². The fourth-order valence-electron chi connectivity index (χ4n) is 13.2. The summed E-state index contributed by atoms with van der Waals surface area (Å²) in [6.45, 7) is 0. The van der Waals surface area contributed by atoms with Crippen molar-refractivity contribution in [3.63, 3.8) is 0 Å². The normalized spacial score (nSPS) is 13.6. The van der Waals surface area contributed by atoms with E-state index in [2.05, 4.69) is 279 Å². The molecule has 2 heteroatoms. The van der Waals surface area contributed by atoms with E-state index in [4.69, 9.17) is 9.97 Å². The average Bonchev–Trinajstić information content (AvgIpc) is 4.00. The maximum atomic E-state index is 5.38. The molecule has 0 N–H and O–H groups in total. The molecule has 0 bridgehead atoms. The van der Waals surface area contributed by atoms with Gasteiger partial charge in [0.05, 0.1) is 22.2 Å². The molecule has 0 amide bonds. The lowest BCUT2D eigenvalue weighted by molar-refractivity contribution is 0.633. The van der Waals surface area contributed by atoms with Crippen LogP contribution in [-0.2, 0) is 10.8 Å². The number of fused-ring (bicyclic) bond motifs is 16. The highest BCUT2D eigenvalue weighted by molar-refractivity contribution is 5.99. The van der Waals surface area contributed by atoms with E-state index in [0.29, 0.717) is 5.82 Å². The first-order chi connectivity index (χ1) is 36.7. The van der Waals surface area contributed by atoms with E-state index < -0.39 is 10.8 Å². The van der Waals surface area contributed by atoms with Crippen molar-refractivity contribution in [1.82, 2.24) is 9.97 Å². The van der Waals surface area contributed by atoms with Crippen LogP contribution < -0.4 is 0 Å². The maximum Gasteiger partial charge on any atom is 0.160 e. The minimum Gasteiger partial charge on any atom is -0.228 e. The van der Waals surface area contributed by atoms with Crippen LogP contribution in [0.4, 0.5) is 0 Å². The lowest BCUT2D eigenvalue weighted by Gasteiger charge is -2.48. The second-order valence-electron chi connectivity index (χ2n) is 19.9. The molecule has 2 spiro atoms. The summed E-state index contributed by atoms with van der Waals surface area (Å²) in [5.41, 5.74) is 26.5. The van der Waals surface area contributed by atoms with Gasteiger partial charge < -0.3 is 0 Å². The molecule has 0 atom stereocenters. The highest BCUT2D eigenvalue weighted by Crippen LogP contribution is 2.68. The van der Waals surface area contributed by atoms with Crippen LogP contribution in [0.2, 0.25) is 0 Å². The highest BCUT2D eigenvalue weighted by atomic mass is 14.9. The molecule has 15 rings (SSSR count). The van der Waals surface area contributed by atoms with Gasteiger partial charge in [-0.1, -0.05) is 267 Å². The second-order valence-corrected chi connectivity index (χ2v) is 19.9. The van der Waals surface area contributed by atoms with Gasteiger partial charge in [-0.15, -0.1) is 0 Å². The van der Waals surface area contributed by atoms with Gasteiger partial charge in [0.1, 0.15) is 0 Å². The van der Waals surface area contributed by atoms with Gasteiger partial charge in [0.15, 0.2) is 5.82 Å². The van der Waals surface area contributed by atoms with Crippen LogP contribution in [0.25, 0.3) is 89.5 Å². The minimum atomic E-state index is -0.576. The predicted octanol–water partition coefficient (Wildman–Crippen LogP) is 17.5. The monoisotopic (exact) mass is 938 g/mol. The van der Waals surface area contributed by atoms with E-state index in [-0.39, 0.29) is 0 Å². The van der Waals surface area contributed by atoms with Gasteiger partial charge in [-0.05, 0) is 112 Å². The fourth-order valence-corrected chi connectivity index (χ4v) is 13.2. The smallest absolute Gasteiger partial charge is 0.160 e. The third-order valence-electron chi connectivity index (χ3n) is 16.2. The van der Waals surface area contributed by atoms with Crippen molar-refractivity contribution in [2.45, 2.75) is 10.8 Å². The molecule has 0 aliphatic heterocycles.